The molecule has 0 radical (unpaired) electrons. The van der Waals surface area contributed by atoms with Gasteiger partial charge in [-0.05, 0) is 24.3 Å². The highest BCUT2D eigenvalue weighted by atomic mass is 16.6. The number of H-pyrrole nitrogens is 1. The summed E-state index contributed by atoms with van der Waals surface area (Å²) in [6.45, 7) is 0. The molecule has 2 heterocycles. The van der Waals surface area contributed by atoms with Gasteiger partial charge in [0.25, 0.3) is 11.6 Å². The van der Waals surface area contributed by atoms with Gasteiger partial charge >= 0.3 is 0 Å². The van der Waals surface area contributed by atoms with Crippen molar-refractivity contribution in [3.05, 3.63) is 76.8 Å². The number of hydrogen-bond donors (Lipinski definition) is 2. The fourth-order valence-corrected chi connectivity index (χ4v) is 3.21. The Balaban J connectivity index is 1.60. The molecule has 0 aliphatic rings. The van der Waals surface area contributed by atoms with Crippen molar-refractivity contribution in [2.24, 2.45) is 0 Å². The fourth-order valence-electron chi connectivity index (χ4n) is 3.21. The fraction of sp³-hybridized carbons (Fsp3) is 0. The Morgan fingerprint density at radius 1 is 0.900 bits per heavy atom. The van der Waals surface area contributed by atoms with Crippen LogP contribution in [0.1, 0.15) is 0 Å². The molecule has 0 atom stereocenters. The number of fused-ring (bicyclic) bond motifs is 1. The quantitative estimate of drug-likeness (QED) is 0.334. The molecule has 0 amide bonds. The number of nitrogens with one attached hydrogen (secondary N) is 1. The van der Waals surface area contributed by atoms with Crippen LogP contribution in [0.25, 0.3) is 45.3 Å². The van der Waals surface area contributed by atoms with Crippen LogP contribution in [-0.4, -0.2) is 30.2 Å². The number of nitro benzene ring substituents is 1. The molecule has 30 heavy (non-hydrogen) atoms. The van der Waals surface area contributed by atoms with E-state index in [-0.39, 0.29) is 23.2 Å². The first-order chi connectivity index (χ1) is 14.6. The van der Waals surface area contributed by atoms with E-state index in [2.05, 4.69) is 20.2 Å². The van der Waals surface area contributed by atoms with Crippen molar-refractivity contribution in [3.8, 4) is 40.0 Å². The molecule has 2 aromatic heterocycles. The summed E-state index contributed by atoms with van der Waals surface area (Å²) in [5.74, 6) is 1.01. The van der Waals surface area contributed by atoms with E-state index in [1.807, 2.05) is 24.3 Å². The van der Waals surface area contributed by atoms with Crippen LogP contribution in [0.5, 0.6) is 5.75 Å². The molecule has 2 N–H and O–H groups in total. The van der Waals surface area contributed by atoms with Crippen molar-refractivity contribution in [2.45, 2.75) is 0 Å². The first-order valence-electron chi connectivity index (χ1n) is 8.96. The Morgan fingerprint density at radius 3 is 2.30 bits per heavy atom. The number of imidazole rings is 1. The molecule has 0 saturated heterocycles. The summed E-state index contributed by atoms with van der Waals surface area (Å²) in [7, 11) is 0. The number of para-hydroxylation sites is 1. The van der Waals surface area contributed by atoms with Crippen molar-refractivity contribution >= 4 is 16.7 Å². The maximum absolute atomic E-state index is 11.0. The minimum Gasteiger partial charge on any atom is -0.507 e. The minimum atomic E-state index is -0.452. The zero-order valence-corrected chi connectivity index (χ0v) is 15.3. The van der Waals surface area contributed by atoms with Gasteiger partial charge in [0.05, 0.1) is 21.5 Å². The molecule has 0 spiro atoms. The van der Waals surface area contributed by atoms with Gasteiger partial charge in [0, 0.05) is 23.3 Å². The normalized spacial score (nSPS) is 11.1. The van der Waals surface area contributed by atoms with E-state index in [0.29, 0.717) is 33.5 Å². The third-order valence-corrected chi connectivity index (χ3v) is 4.65. The summed E-state index contributed by atoms with van der Waals surface area (Å²) < 4.78 is 5.81. The van der Waals surface area contributed by atoms with Crippen molar-refractivity contribution in [3.63, 3.8) is 0 Å². The number of phenolic OH excluding ortho intramolecular Hbond substituents is 1. The standard InChI is InChI=1S/C21H13N5O4/c27-18-8-4-3-7-15(18)21-25-24-20(30-21)14-6-2-1-5-13(14)19-22-16-10-9-12(26(28)29)11-17(16)23-19/h1-11,27H,(H,22,23). The lowest BCUT2D eigenvalue weighted by Gasteiger charge is -2.03. The van der Waals surface area contributed by atoms with E-state index in [1.165, 1.54) is 12.1 Å². The molecule has 0 unspecified atom stereocenters. The van der Waals surface area contributed by atoms with Crippen LogP contribution in [0.15, 0.2) is 71.1 Å². The Kier molecular flexibility index (Phi) is 3.99. The predicted octanol–water partition coefficient (Wildman–Crippen LogP) is 4.56. The number of hydrogen-bond acceptors (Lipinski definition) is 7. The molecule has 0 saturated carbocycles. The maximum Gasteiger partial charge on any atom is 0.271 e. The summed E-state index contributed by atoms with van der Waals surface area (Å²) in [6.07, 6.45) is 0. The highest BCUT2D eigenvalue weighted by Gasteiger charge is 2.18. The molecule has 3 aromatic carbocycles. The summed E-state index contributed by atoms with van der Waals surface area (Å²) in [5, 5.41) is 29.2. The number of aromatic hydroxyl groups is 1. The van der Waals surface area contributed by atoms with Crippen molar-refractivity contribution in [2.75, 3.05) is 0 Å². The summed E-state index contributed by atoms with van der Waals surface area (Å²) in [6, 6.07) is 18.5. The predicted molar refractivity (Wildman–Crippen MR) is 109 cm³/mol. The lowest BCUT2D eigenvalue weighted by atomic mass is 10.1. The van der Waals surface area contributed by atoms with Gasteiger partial charge in [0.15, 0.2) is 0 Å². The van der Waals surface area contributed by atoms with Crippen molar-refractivity contribution in [1.82, 2.24) is 20.2 Å². The summed E-state index contributed by atoms with van der Waals surface area (Å²) in [5.41, 5.74) is 2.91. The molecule has 9 nitrogen and oxygen atoms in total. The molecule has 0 aliphatic carbocycles. The van der Waals surface area contributed by atoms with E-state index in [4.69, 9.17) is 4.42 Å². The van der Waals surface area contributed by atoms with Crippen LogP contribution < -0.4 is 0 Å². The Morgan fingerprint density at radius 2 is 1.57 bits per heavy atom. The largest absolute Gasteiger partial charge is 0.507 e. The number of aromatic nitrogens is 4. The van der Waals surface area contributed by atoms with E-state index < -0.39 is 4.92 Å². The monoisotopic (exact) mass is 399 g/mol. The summed E-state index contributed by atoms with van der Waals surface area (Å²) >= 11 is 0. The minimum absolute atomic E-state index is 0.0183. The highest BCUT2D eigenvalue weighted by Crippen LogP contribution is 2.34. The number of nitro groups is 1. The zero-order valence-electron chi connectivity index (χ0n) is 15.3. The number of non-ortho nitro benzene ring substituents is 1. The number of benzene rings is 3. The molecule has 5 rings (SSSR count). The van der Waals surface area contributed by atoms with Gasteiger partial charge in [0.1, 0.15) is 11.6 Å². The Bertz CT molecular complexity index is 1410. The first-order valence-corrected chi connectivity index (χ1v) is 8.96. The van der Waals surface area contributed by atoms with E-state index in [9.17, 15) is 15.2 Å². The average molecular weight is 399 g/mol. The number of rotatable bonds is 4. The van der Waals surface area contributed by atoms with Crippen molar-refractivity contribution < 1.29 is 14.4 Å². The smallest absolute Gasteiger partial charge is 0.271 e. The number of nitrogens with zero attached hydrogens (tertiary/aromatic N) is 4. The van der Waals surface area contributed by atoms with Gasteiger partial charge in [0.2, 0.25) is 5.89 Å². The molecule has 0 fully saturated rings. The summed E-state index contributed by atoms with van der Waals surface area (Å²) in [4.78, 5) is 18.2. The molecule has 5 aromatic rings. The van der Waals surface area contributed by atoms with Gasteiger partial charge in [-0.2, -0.15) is 0 Å². The second-order valence-corrected chi connectivity index (χ2v) is 6.52. The second kappa shape index (κ2) is 6.82. The molecular formula is C21H13N5O4. The van der Waals surface area contributed by atoms with E-state index >= 15 is 0 Å². The average Bonchev–Trinajstić information content (AvgIpc) is 3.41. The lowest BCUT2D eigenvalue weighted by molar-refractivity contribution is -0.384. The van der Waals surface area contributed by atoms with Gasteiger partial charge in [-0.15, -0.1) is 10.2 Å². The third-order valence-electron chi connectivity index (χ3n) is 4.65. The van der Waals surface area contributed by atoms with Crippen LogP contribution in [0, 0.1) is 10.1 Å². The van der Waals surface area contributed by atoms with Crippen LogP contribution in [0.3, 0.4) is 0 Å². The number of aromatic amines is 1. The van der Waals surface area contributed by atoms with Crippen molar-refractivity contribution in [1.29, 1.82) is 0 Å². The highest BCUT2D eigenvalue weighted by molar-refractivity contribution is 5.85. The molecule has 146 valence electrons. The van der Waals surface area contributed by atoms with Gasteiger partial charge in [-0.25, -0.2) is 4.98 Å². The van der Waals surface area contributed by atoms with Gasteiger partial charge in [-0.1, -0.05) is 30.3 Å². The van der Waals surface area contributed by atoms with E-state index in [1.54, 1.807) is 30.3 Å². The van der Waals surface area contributed by atoms with Gasteiger partial charge < -0.3 is 14.5 Å². The molecule has 9 heteroatoms. The first kappa shape index (κ1) is 17.6. The third kappa shape index (κ3) is 2.94. The topological polar surface area (TPSA) is 131 Å². The molecular weight excluding hydrogens is 386 g/mol. The van der Waals surface area contributed by atoms with Crippen LogP contribution in [0.4, 0.5) is 5.69 Å². The lowest BCUT2D eigenvalue weighted by Crippen LogP contribution is -1.87. The van der Waals surface area contributed by atoms with Crippen LogP contribution in [0.2, 0.25) is 0 Å². The van der Waals surface area contributed by atoms with Crippen LogP contribution in [-0.2, 0) is 0 Å². The zero-order chi connectivity index (χ0) is 20.7. The molecule has 0 aliphatic heterocycles. The SMILES string of the molecule is O=[N+]([O-])c1ccc2nc(-c3ccccc3-c3nnc(-c4ccccc4O)o3)[nH]c2c1. The van der Waals surface area contributed by atoms with E-state index in [0.717, 1.165) is 0 Å². The van der Waals surface area contributed by atoms with Gasteiger partial charge in [-0.3, -0.25) is 10.1 Å². The Hall–Kier alpha value is -4.53. The van der Waals surface area contributed by atoms with Crippen LogP contribution >= 0.6 is 0 Å². The molecule has 0 bridgehead atoms. The maximum atomic E-state index is 11.0. The number of phenols is 1. The second-order valence-electron chi connectivity index (χ2n) is 6.52. The Labute approximate surface area is 168 Å².